The number of aromatic nitrogens is 1. The Hall–Kier alpha value is -1.62. The van der Waals surface area contributed by atoms with Crippen molar-refractivity contribution in [1.82, 2.24) is 4.98 Å². The summed E-state index contributed by atoms with van der Waals surface area (Å²) >= 11 is 4.71. The molecule has 0 amide bonds. The SMILES string of the molecule is FC(F)(F)c1ccc(-c2ccccc2)[nH]c1=S. The highest BCUT2D eigenvalue weighted by Gasteiger charge is 2.32. The van der Waals surface area contributed by atoms with Crippen LogP contribution in [0.25, 0.3) is 11.3 Å². The molecule has 0 atom stereocenters. The fourth-order valence-electron chi connectivity index (χ4n) is 1.48. The molecule has 5 heteroatoms. The second-order valence-electron chi connectivity index (χ2n) is 3.48. The van der Waals surface area contributed by atoms with Crippen LogP contribution >= 0.6 is 12.2 Å². The molecule has 0 unspecified atom stereocenters. The average molecular weight is 255 g/mol. The minimum atomic E-state index is -4.41. The largest absolute Gasteiger partial charge is 0.419 e. The highest BCUT2D eigenvalue weighted by Crippen LogP contribution is 2.30. The van der Waals surface area contributed by atoms with Crippen LogP contribution in [0.1, 0.15) is 5.56 Å². The fourth-order valence-corrected chi connectivity index (χ4v) is 1.78. The minimum absolute atomic E-state index is 0.293. The Morgan fingerprint density at radius 3 is 2.12 bits per heavy atom. The molecule has 88 valence electrons. The summed E-state index contributed by atoms with van der Waals surface area (Å²) in [6.07, 6.45) is -4.41. The number of H-pyrrole nitrogens is 1. The van der Waals surface area contributed by atoms with E-state index in [1.807, 2.05) is 18.2 Å². The Morgan fingerprint density at radius 1 is 0.941 bits per heavy atom. The third-order valence-corrected chi connectivity index (χ3v) is 2.62. The first-order valence-corrected chi connectivity index (χ1v) is 5.25. The monoisotopic (exact) mass is 255 g/mol. The van der Waals surface area contributed by atoms with Gasteiger partial charge in [0.1, 0.15) is 4.64 Å². The summed E-state index contributed by atoms with van der Waals surface area (Å²) in [6, 6.07) is 11.4. The number of hydrogen-bond acceptors (Lipinski definition) is 1. The van der Waals surface area contributed by atoms with Crippen LogP contribution in [-0.4, -0.2) is 4.98 Å². The number of pyridine rings is 1. The molecule has 0 spiro atoms. The molecule has 0 saturated carbocycles. The van der Waals surface area contributed by atoms with Gasteiger partial charge in [0.2, 0.25) is 0 Å². The van der Waals surface area contributed by atoms with Crippen LogP contribution in [0.3, 0.4) is 0 Å². The molecule has 1 aromatic carbocycles. The van der Waals surface area contributed by atoms with E-state index in [2.05, 4.69) is 4.98 Å². The van der Waals surface area contributed by atoms with Crippen LogP contribution in [0, 0.1) is 4.64 Å². The molecule has 1 N–H and O–H groups in total. The van der Waals surface area contributed by atoms with Gasteiger partial charge in [-0.3, -0.25) is 0 Å². The lowest BCUT2D eigenvalue weighted by Gasteiger charge is -2.08. The van der Waals surface area contributed by atoms with Gasteiger partial charge in [0.25, 0.3) is 0 Å². The number of benzene rings is 1. The van der Waals surface area contributed by atoms with E-state index >= 15 is 0 Å². The molecule has 2 aromatic rings. The molecule has 0 aliphatic heterocycles. The van der Waals surface area contributed by atoms with E-state index in [4.69, 9.17) is 12.2 Å². The van der Waals surface area contributed by atoms with Gasteiger partial charge in [-0.25, -0.2) is 0 Å². The Balaban J connectivity index is 2.49. The predicted molar refractivity (Wildman–Crippen MR) is 62.1 cm³/mol. The van der Waals surface area contributed by atoms with Gasteiger partial charge in [-0.2, -0.15) is 13.2 Å². The summed E-state index contributed by atoms with van der Waals surface area (Å²) in [4.78, 5) is 2.59. The summed E-state index contributed by atoms with van der Waals surface area (Å²) in [5.41, 5.74) is 0.558. The van der Waals surface area contributed by atoms with Crippen LogP contribution in [0.5, 0.6) is 0 Å². The lowest BCUT2D eigenvalue weighted by molar-refractivity contribution is -0.138. The molecule has 2 rings (SSSR count). The molecule has 0 bridgehead atoms. The smallest absolute Gasteiger partial charge is 0.346 e. The van der Waals surface area contributed by atoms with Crippen molar-refractivity contribution in [2.75, 3.05) is 0 Å². The molecular weight excluding hydrogens is 247 g/mol. The number of aromatic amines is 1. The predicted octanol–water partition coefficient (Wildman–Crippen LogP) is 4.43. The van der Waals surface area contributed by atoms with Gasteiger partial charge in [0.05, 0.1) is 5.56 Å². The summed E-state index contributed by atoms with van der Waals surface area (Å²) in [5, 5.41) is 0. The number of alkyl halides is 3. The van der Waals surface area contributed by atoms with Crippen molar-refractivity contribution >= 4 is 12.2 Å². The third kappa shape index (κ3) is 2.55. The van der Waals surface area contributed by atoms with Gasteiger partial charge < -0.3 is 4.98 Å². The van der Waals surface area contributed by atoms with Crippen LogP contribution < -0.4 is 0 Å². The summed E-state index contributed by atoms with van der Waals surface area (Å²) in [7, 11) is 0. The molecule has 17 heavy (non-hydrogen) atoms. The normalized spacial score (nSPS) is 11.5. The minimum Gasteiger partial charge on any atom is -0.346 e. The van der Waals surface area contributed by atoms with Crippen molar-refractivity contribution in [2.24, 2.45) is 0 Å². The second kappa shape index (κ2) is 4.33. The van der Waals surface area contributed by atoms with E-state index in [9.17, 15) is 13.2 Å². The molecule has 0 aliphatic rings. The Bertz CT molecular complexity index is 572. The van der Waals surface area contributed by atoms with Crippen LogP contribution in [0.4, 0.5) is 13.2 Å². The molecule has 1 nitrogen and oxygen atoms in total. The molecular formula is C12H8F3NS. The molecule has 0 fully saturated rings. The number of halogens is 3. The van der Waals surface area contributed by atoms with Crippen LogP contribution in [0.2, 0.25) is 0 Å². The number of rotatable bonds is 1. The zero-order valence-corrected chi connectivity index (χ0v) is 9.40. The summed E-state index contributed by atoms with van der Waals surface area (Å²) in [6.45, 7) is 0. The van der Waals surface area contributed by atoms with Gasteiger partial charge in [-0.15, -0.1) is 0 Å². The molecule has 0 saturated heterocycles. The Labute approximate surface area is 101 Å². The lowest BCUT2D eigenvalue weighted by Crippen LogP contribution is -2.06. The van der Waals surface area contributed by atoms with E-state index in [1.165, 1.54) is 6.07 Å². The first kappa shape index (κ1) is 11.9. The van der Waals surface area contributed by atoms with E-state index in [1.54, 1.807) is 12.1 Å². The third-order valence-electron chi connectivity index (χ3n) is 2.30. The summed E-state index contributed by atoms with van der Waals surface area (Å²) in [5.74, 6) is 0. The standard InChI is InChI=1S/C12H8F3NS/c13-12(14,15)9-6-7-10(16-11(9)17)8-4-2-1-3-5-8/h1-7H,(H,16,17). The summed E-state index contributed by atoms with van der Waals surface area (Å²) < 4.78 is 37.2. The van der Waals surface area contributed by atoms with E-state index in [-0.39, 0.29) is 4.64 Å². The zero-order chi connectivity index (χ0) is 12.5. The molecule has 0 radical (unpaired) electrons. The van der Waals surface area contributed by atoms with E-state index in [0.717, 1.165) is 11.6 Å². The maximum atomic E-state index is 12.5. The van der Waals surface area contributed by atoms with Crippen molar-refractivity contribution in [2.45, 2.75) is 6.18 Å². The van der Waals surface area contributed by atoms with Crippen molar-refractivity contribution in [1.29, 1.82) is 0 Å². The van der Waals surface area contributed by atoms with E-state index < -0.39 is 11.7 Å². The van der Waals surface area contributed by atoms with Gasteiger partial charge in [0.15, 0.2) is 0 Å². The number of hydrogen-bond donors (Lipinski definition) is 1. The van der Waals surface area contributed by atoms with Gasteiger partial charge in [-0.1, -0.05) is 42.5 Å². The first-order chi connectivity index (χ1) is 7.98. The highest BCUT2D eigenvalue weighted by atomic mass is 32.1. The fraction of sp³-hybridized carbons (Fsp3) is 0.0833. The Morgan fingerprint density at radius 2 is 1.59 bits per heavy atom. The maximum Gasteiger partial charge on any atom is 0.419 e. The van der Waals surface area contributed by atoms with Crippen molar-refractivity contribution < 1.29 is 13.2 Å². The molecule has 1 heterocycles. The van der Waals surface area contributed by atoms with Crippen LogP contribution in [-0.2, 0) is 6.18 Å². The quantitative estimate of drug-likeness (QED) is 0.745. The van der Waals surface area contributed by atoms with Crippen molar-refractivity contribution in [3.05, 3.63) is 52.7 Å². The van der Waals surface area contributed by atoms with Gasteiger partial charge in [-0.05, 0) is 17.7 Å². The van der Waals surface area contributed by atoms with E-state index in [0.29, 0.717) is 5.69 Å². The topological polar surface area (TPSA) is 15.8 Å². The number of nitrogens with one attached hydrogen (secondary N) is 1. The highest BCUT2D eigenvalue weighted by molar-refractivity contribution is 7.71. The average Bonchev–Trinajstić information content (AvgIpc) is 2.28. The molecule has 0 aliphatic carbocycles. The lowest BCUT2D eigenvalue weighted by atomic mass is 10.1. The van der Waals surface area contributed by atoms with Gasteiger partial charge in [0, 0.05) is 5.69 Å². The first-order valence-electron chi connectivity index (χ1n) is 4.84. The molecule has 1 aromatic heterocycles. The van der Waals surface area contributed by atoms with Crippen LogP contribution in [0.15, 0.2) is 42.5 Å². The second-order valence-corrected chi connectivity index (χ2v) is 3.89. The van der Waals surface area contributed by atoms with Crippen molar-refractivity contribution in [3.8, 4) is 11.3 Å². The van der Waals surface area contributed by atoms with Gasteiger partial charge >= 0.3 is 6.18 Å². The Kier molecular flexibility index (Phi) is 3.02. The zero-order valence-electron chi connectivity index (χ0n) is 8.58. The maximum absolute atomic E-state index is 12.5. The van der Waals surface area contributed by atoms with Crippen molar-refractivity contribution in [3.63, 3.8) is 0 Å².